The molecular formula is C22H30N2O4S. The van der Waals surface area contributed by atoms with Crippen molar-refractivity contribution in [3.8, 4) is 5.75 Å². The highest BCUT2D eigenvalue weighted by Crippen LogP contribution is 2.25. The molecule has 0 saturated carbocycles. The molecule has 2 aromatic carbocycles. The van der Waals surface area contributed by atoms with Crippen LogP contribution in [0, 0.1) is 13.8 Å². The third kappa shape index (κ3) is 5.73. The Morgan fingerprint density at radius 2 is 1.69 bits per heavy atom. The zero-order chi connectivity index (χ0) is 21.8. The fourth-order valence-corrected chi connectivity index (χ4v) is 4.29. The zero-order valence-corrected chi connectivity index (χ0v) is 18.7. The first-order valence-electron chi connectivity index (χ1n) is 9.64. The van der Waals surface area contributed by atoms with Gasteiger partial charge in [0.05, 0.1) is 24.6 Å². The van der Waals surface area contributed by atoms with Crippen molar-refractivity contribution in [3.63, 3.8) is 0 Å². The van der Waals surface area contributed by atoms with Crippen molar-refractivity contribution in [2.45, 2.75) is 46.7 Å². The molecule has 1 amide bonds. The molecular weight excluding hydrogens is 388 g/mol. The van der Waals surface area contributed by atoms with Gasteiger partial charge in [-0.3, -0.25) is 9.10 Å². The van der Waals surface area contributed by atoms with Gasteiger partial charge in [-0.2, -0.15) is 0 Å². The number of sulfonamides is 1. The van der Waals surface area contributed by atoms with E-state index in [-0.39, 0.29) is 11.9 Å². The molecule has 0 aliphatic heterocycles. The largest absolute Gasteiger partial charge is 0.494 e. The molecule has 0 fully saturated rings. The maximum absolute atomic E-state index is 12.9. The Hall–Kier alpha value is -2.54. The minimum atomic E-state index is -3.67. The van der Waals surface area contributed by atoms with Gasteiger partial charge in [0.1, 0.15) is 11.8 Å². The average molecular weight is 419 g/mol. The van der Waals surface area contributed by atoms with Crippen molar-refractivity contribution in [2.75, 3.05) is 17.2 Å². The number of aryl methyl sites for hydroxylation is 2. The molecule has 1 N–H and O–H groups in total. The van der Waals surface area contributed by atoms with Crippen molar-refractivity contribution in [2.24, 2.45) is 0 Å². The number of nitrogens with zero attached hydrogens (tertiary/aromatic N) is 1. The summed E-state index contributed by atoms with van der Waals surface area (Å²) in [6, 6.07) is 11.5. The van der Waals surface area contributed by atoms with Crippen LogP contribution in [0.15, 0.2) is 42.5 Å². The van der Waals surface area contributed by atoms with Gasteiger partial charge in [0.25, 0.3) is 0 Å². The average Bonchev–Trinajstić information content (AvgIpc) is 2.64. The number of nitrogens with one attached hydrogen (secondary N) is 1. The van der Waals surface area contributed by atoms with E-state index >= 15 is 0 Å². The highest BCUT2D eigenvalue weighted by atomic mass is 32.2. The fourth-order valence-electron chi connectivity index (χ4n) is 3.12. The lowest BCUT2D eigenvalue weighted by molar-refractivity contribution is -0.122. The van der Waals surface area contributed by atoms with Crippen LogP contribution in [0.3, 0.4) is 0 Å². The third-order valence-electron chi connectivity index (χ3n) is 4.88. The van der Waals surface area contributed by atoms with Gasteiger partial charge in [-0.15, -0.1) is 0 Å². The first-order chi connectivity index (χ1) is 13.5. The number of hydrogen-bond acceptors (Lipinski definition) is 4. The van der Waals surface area contributed by atoms with Crippen LogP contribution in [0.2, 0.25) is 0 Å². The van der Waals surface area contributed by atoms with E-state index in [4.69, 9.17) is 4.74 Å². The number of amides is 1. The molecule has 0 spiro atoms. The normalized spacial score (nSPS) is 13.4. The second-order valence-corrected chi connectivity index (χ2v) is 9.10. The highest BCUT2D eigenvalue weighted by molar-refractivity contribution is 7.92. The monoisotopic (exact) mass is 418 g/mol. The minimum Gasteiger partial charge on any atom is -0.494 e. The molecule has 0 aliphatic rings. The summed E-state index contributed by atoms with van der Waals surface area (Å²) in [7, 11) is -3.67. The summed E-state index contributed by atoms with van der Waals surface area (Å²) in [4.78, 5) is 12.9. The predicted molar refractivity (Wildman–Crippen MR) is 117 cm³/mol. The molecule has 158 valence electrons. The smallest absolute Gasteiger partial charge is 0.244 e. The summed E-state index contributed by atoms with van der Waals surface area (Å²) in [6.07, 6.45) is 1.10. The van der Waals surface area contributed by atoms with E-state index in [1.54, 1.807) is 31.2 Å². The Balaban J connectivity index is 2.23. The lowest BCUT2D eigenvalue weighted by atomic mass is 10.0. The Bertz CT molecular complexity index is 955. The lowest BCUT2D eigenvalue weighted by Gasteiger charge is -2.29. The van der Waals surface area contributed by atoms with Crippen LogP contribution in [0.25, 0.3) is 0 Å². The van der Waals surface area contributed by atoms with E-state index in [1.165, 1.54) is 5.56 Å². The Labute approximate surface area is 173 Å². The predicted octanol–water partition coefficient (Wildman–Crippen LogP) is 3.73. The molecule has 2 aromatic rings. The Morgan fingerprint density at radius 1 is 1.07 bits per heavy atom. The summed E-state index contributed by atoms with van der Waals surface area (Å²) < 4.78 is 31.4. The third-order valence-corrected chi connectivity index (χ3v) is 6.12. The molecule has 29 heavy (non-hydrogen) atoms. The van der Waals surface area contributed by atoms with Crippen molar-refractivity contribution < 1.29 is 17.9 Å². The van der Waals surface area contributed by atoms with E-state index in [1.807, 2.05) is 45.9 Å². The van der Waals surface area contributed by atoms with E-state index in [0.29, 0.717) is 18.0 Å². The van der Waals surface area contributed by atoms with E-state index in [2.05, 4.69) is 5.32 Å². The van der Waals surface area contributed by atoms with Crippen molar-refractivity contribution in [3.05, 3.63) is 59.2 Å². The molecule has 0 saturated heterocycles. The highest BCUT2D eigenvalue weighted by Gasteiger charge is 2.30. The Kier molecular flexibility index (Phi) is 7.30. The number of benzene rings is 2. The van der Waals surface area contributed by atoms with Gasteiger partial charge in [0.15, 0.2) is 0 Å². The quantitative estimate of drug-likeness (QED) is 0.709. The number of rotatable bonds is 8. The molecule has 0 radical (unpaired) electrons. The van der Waals surface area contributed by atoms with Crippen LogP contribution in [0.4, 0.5) is 5.69 Å². The van der Waals surface area contributed by atoms with Crippen LogP contribution < -0.4 is 14.4 Å². The summed E-state index contributed by atoms with van der Waals surface area (Å²) in [5, 5.41) is 2.93. The van der Waals surface area contributed by atoms with E-state index < -0.39 is 16.1 Å². The number of carbonyl (C=O) groups is 1. The lowest BCUT2D eigenvalue weighted by Crippen LogP contribution is -2.48. The molecule has 0 aliphatic carbocycles. The molecule has 0 heterocycles. The van der Waals surface area contributed by atoms with Gasteiger partial charge in [-0.05, 0) is 75.6 Å². The molecule has 7 heteroatoms. The molecule has 2 rings (SSSR count). The van der Waals surface area contributed by atoms with Crippen LogP contribution in [0.5, 0.6) is 5.75 Å². The van der Waals surface area contributed by atoms with Crippen LogP contribution >= 0.6 is 0 Å². The van der Waals surface area contributed by atoms with Crippen LogP contribution in [0.1, 0.15) is 43.5 Å². The second kappa shape index (κ2) is 9.31. The van der Waals surface area contributed by atoms with Gasteiger partial charge in [-0.25, -0.2) is 8.42 Å². The first kappa shape index (κ1) is 22.7. The number of hydrogen-bond donors (Lipinski definition) is 1. The van der Waals surface area contributed by atoms with Crippen molar-refractivity contribution in [1.29, 1.82) is 0 Å². The van der Waals surface area contributed by atoms with Gasteiger partial charge in [0.2, 0.25) is 15.9 Å². The molecule has 0 bridgehead atoms. The van der Waals surface area contributed by atoms with Gasteiger partial charge < -0.3 is 10.1 Å². The molecule has 2 atom stereocenters. The van der Waals surface area contributed by atoms with E-state index in [9.17, 15) is 13.2 Å². The van der Waals surface area contributed by atoms with Crippen molar-refractivity contribution >= 4 is 21.6 Å². The van der Waals surface area contributed by atoms with Gasteiger partial charge >= 0.3 is 0 Å². The summed E-state index contributed by atoms with van der Waals surface area (Å²) in [5.41, 5.74) is 3.71. The molecule has 0 unspecified atom stereocenters. The maximum atomic E-state index is 12.9. The molecule has 0 aromatic heterocycles. The number of carbonyl (C=O) groups excluding carboxylic acids is 1. The van der Waals surface area contributed by atoms with Crippen molar-refractivity contribution in [1.82, 2.24) is 5.32 Å². The summed E-state index contributed by atoms with van der Waals surface area (Å²) in [6.45, 7) is 9.92. The second-order valence-electron chi connectivity index (χ2n) is 7.24. The van der Waals surface area contributed by atoms with Crippen LogP contribution in [-0.4, -0.2) is 33.2 Å². The first-order valence-corrected chi connectivity index (χ1v) is 11.5. The number of ether oxygens (including phenoxy) is 1. The SMILES string of the molecule is CCOc1ccc(N([C@@H](C)C(=O)N[C@H](C)c2ccc(C)c(C)c2)S(C)(=O)=O)cc1. The topological polar surface area (TPSA) is 75.7 Å². The summed E-state index contributed by atoms with van der Waals surface area (Å²) >= 11 is 0. The molecule has 6 nitrogen and oxygen atoms in total. The zero-order valence-electron chi connectivity index (χ0n) is 17.9. The van der Waals surface area contributed by atoms with Crippen LogP contribution in [-0.2, 0) is 14.8 Å². The van der Waals surface area contributed by atoms with Gasteiger partial charge in [0, 0.05) is 0 Å². The Morgan fingerprint density at radius 3 is 2.21 bits per heavy atom. The number of anilines is 1. The standard InChI is InChI=1S/C22H30N2O4S/c1-7-28-21-12-10-20(11-13-21)24(29(6,26)27)18(5)22(25)23-17(4)19-9-8-15(2)16(3)14-19/h8-14,17-18H,7H2,1-6H3,(H,23,25)/t17-,18+/m1/s1. The fraction of sp³-hybridized carbons (Fsp3) is 0.409. The maximum Gasteiger partial charge on any atom is 0.244 e. The van der Waals surface area contributed by atoms with Gasteiger partial charge in [-0.1, -0.05) is 18.2 Å². The van der Waals surface area contributed by atoms with E-state index in [0.717, 1.165) is 21.7 Å². The minimum absolute atomic E-state index is 0.244. The summed E-state index contributed by atoms with van der Waals surface area (Å²) in [5.74, 6) is 0.278.